The molecule has 0 spiro atoms. The number of halogens is 2. The molecule has 2 fully saturated rings. The van der Waals surface area contributed by atoms with E-state index in [1.807, 2.05) is 11.9 Å². The van der Waals surface area contributed by atoms with E-state index in [9.17, 15) is 4.79 Å². The van der Waals surface area contributed by atoms with Crippen molar-refractivity contribution in [3.63, 3.8) is 0 Å². The van der Waals surface area contributed by atoms with Crippen molar-refractivity contribution in [2.24, 2.45) is 5.92 Å². The molecular formula is C18H29Cl2N3O. The summed E-state index contributed by atoms with van der Waals surface area (Å²) in [5, 5.41) is 3.35. The van der Waals surface area contributed by atoms with E-state index in [4.69, 9.17) is 0 Å². The first kappa shape index (κ1) is 21.1. The van der Waals surface area contributed by atoms with Crippen LogP contribution in [0.25, 0.3) is 0 Å². The van der Waals surface area contributed by atoms with Gasteiger partial charge in [0.1, 0.15) is 0 Å². The van der Waals surface area contributed by atoms with Gasteiger partial charge >= 0.3 is 0 Å². The molecule has 0 radical (unpaired) electrons. The van der Waals surface area contributed by atoms with Gasteiger partial charge in [-0.25, -0.2) is 0 Å². The van der Waals surface area contributed by atoms with Gasteiger partial charge in [0, 0.05) is 38.4 Å². The van der Waals surface area contributed by atoms with Gasteiger partial charge in [0.15, 0.2) is 0 Å². The summed E-state index contributed by atoms with van der Waals surface area (Å²) in [4.78, 5) is 17.1. The van der Waals surface area contributed by atoms with Crippen LogP contribution < -0.4 is 10.2 Å². The van der Waals surface area contributed by atoms with Crippen LogP contribution in [-0.4, -0.2) is 50.1 Å². The van der Waals surface area contributed by atoms with Crippen molar-refractivity contribution in [1.29, 1.82) is 0 Å². The number of nitrogens with zero attached hydrogens (tertiary/aromatic N) is 2. The van der Waals surface area contributed by atoms with Gasteiger partial charge in [0.2, 0.25) is 5.91 Å². The van der Waals surface area contributed by atoms with Crippen LogP contribution in [0, 0.1) is 5.92 Å². The monoisotopic (exact) mass is 373 g/mol. The lowest BCUT2D eigenvalue weighted by Gasteiger charge is -2.40. The molecule has 4 nitrogen and oxygen atoms in total. The summed E-state index contributed by atoms with van der Waals surface area (Å²) in [6, 6.07) is 10.9. The van der Waals surface area contributed by atoms with E-state index in [1.54, 1.807) is 0 Å². The Bertz CT molecular complexity index is 494. The van der Waals surface area contributed by atoms with Gasteiger partial charge in [-0.15, -0.1) is 24.8 Å². The fourth-order valence-electron chi connectivity index (χ4n) is 3.67. The predicted molar refractivity (Wildman–Crippen MR) is 105 cm³/mol. The summed E-state index contributed by atoms with van der Waals surface area (Å²) in [7, 11) is 2.00. The zero-order chi connectivity index (χ0) is 15.4. The molecule has 0 aliphatic carbocycles. The molecule has 2 atom stereocenters. The van der Waals surface area contributed by atoms with Gasteiger partial charge in [-0.2, -0.15) is 0 Å². The number of para-hydroxylation sites is 1. The summed E-state index contributed by atoms with van der Waals surface area (Å²) in [6.07, 6.45) is 4.42. The molecule has 2 aliphatic heterocycles. The van der Waals surface area contributed by atoms with Crippen molar-refractivity contribution >= 4 is 36.4 Å². The van der Waals surface area contributed by atoms with Crippen LogP contribution in [0.1, 0.15) is 25.7 Å². The van der Waals surface area contributed by atoms with Crippen LogP contribution in [0.3, 0.4) is 0 Å². The zero-order valence-corrected chi connectivity index (χ0v) is 16.0. The number of likely N-dealkylation sites (N-methyl/N-ethyl adjacent to an activating group) is 1. The second-order valence-electron chi connectivity index (χ2n) is 6.57. The Labute approximate surface area is 157 Å². The number of carbonyl (C=O) groups is 1. The molecule has 0 saturated carbocycles. The maximum Gasteiger partial charge on any atom is 0.227 e. The summed E-state index contributed by atoms with van der Waals surface area (Å²) in [5.41, 5.74) is 1.27. The van der Waals surface area contributed by atoms with Crippen molar-refractivity contribution in [2.75, 3.05) is 38.1 Å². The Hall–Kier alpha value is -0.970. The lowest BCUT2D eigenvalue weighted by molar-refractivity contribution is -0.137. The van der Waals surface area contributed by atoms with Gasteiger partial charge < -0.3 is 15.1 Å². The van der Waals surface area contributed by atoms with Crippen molar-refractivity contribution in [1.82, 2.24) is 10.2 Å². The third kappa shape index (κ3) is 5.01. The molecule has 2 unspecified atom stereocenters. The quantitative estimate of drug-likeness (QED) is 0.884. The molecule has 1 amide bonds. The van der Waals surface area contributed by atoms with Gasteiger partial charge in [0.25, 0.3) is 0 Å². The zero-order valence-electron chi connectivity index (χ0n) is 14.3. The maximum absolute atomic E-state index is 12.7. The van der Waals surface area contributed by atoms with Crippen LogP contribution in [0.5, 0.6) is 0 Å². The molecule has 2 heterocycles. The van der Waals surface area contributed by atoms with E-state index >= 15 is 0 Å². The fourth-order valence-corrected chi connectivity index (χ4v) is 3.67. The molecule has 1 N–H and O–H groups in total. The summed E-state index contributed by atoms with van der Waals surface area (Å²) in [6.45, 7) is 3.94. The highest BCUT2D eigenvalue weighted by molar-refractivity contribution is 5.85. The minimum atomic E-state index is 0. The smallest absolute Gasteiger partial charge is 0.227 e. The highest BCUT2D eigenvalue weighted by Gasteiger charge is 2.30. The van der Waals surface area contributed by atoms with Crippen LogP contribution >= 0.6 is 24.8 Å². The first-order valence-corrected chi connectivity index (χ1v) is 8.53. The Kier molecular flexibility index (Phi) is 8.88. The standard InChI is InChI=1S/C18H27N3O.2ClH/c1-20(18(22)15-7-5-11-19-13-15)17-10-6-12-21(14-17)16-8-3-2-4-9-16;;/h2-4,8-9,15,17,19H,5-7,10-14H2,1H3;2*1H. The van der Waals surface area contributed by atoms with Gasteiger partial charge in [-0.3, -0.25) is 4.79 Å². The van der Waals surface area contributed by atoms with E-state index in [0.29, 0.717) is 11.9 Å². The molecule has 3 rings (SSSR count). The number of carbonyl (C=O) groups excluding carboxylic acids is 1. The van der Waals surface area contributed by atoms with Crippen LogP contribution in [0.2, 0.25) is 0 Å². The highest BCUT2D eigenvalue weighted by atomic mass is 35.5. The van der Waals surface area contributed by atoms with Crippen LogP contribution in [0.4, 0.5) is 5.69 Å². The summed E-state index contributed by atoms with van der Waals surface area (Å²) in [5.74, 6) is 0.498. The van der Waals surface area contributed by atoms with Crippen molar-refractivity contribution < 1.29 is 4.79 Å². The third-order valence-electron chi connectivity index (χ3n) is 5.06. The molecule has 2 saturated heterocycles. The molecule has 0 aromatic heterocycles. The average Bonchev–Trinajstić information content (AvgIpc) is 2.62. The molecule has 0 bridgehead atoms. The molecule has 2 aliphatic rings. The Morgan fingerprint density at radius 1 is 1.17 bits per heavy atom. The number of rotatable bonds is 3. The SMILES string of the molecule is CN(C(=O)C1CCCNC1)C1CCCN(c2ccccc2)C1.Cl.Cl. The summed E-state index contributed by atoms with van der Waals surface area (Å²) < 4.78 is 0. The highest BCUT2D eigenvalue weighted by Crippen LogP contribution is 2.23. The number of hydrogen-bond donors (Lipinski definition) is 1. The Morgan fingerprint density at radius 2 is 1.92 bits per heavy atom. The second kappa shape index (κ2) is 10.1. The van der Waals surface area contributed by atoms with Crippen molar-refractivity contribution in [2.45, 2.75) is 31.7 Å². The minimum absolute atomic E-state index is 0. The molecule has 1 aromatic carbocycles. The molecular weight excluding hydrogens is 345 g/mol. The maximum atomic E-state index is 12.7. The predicted octanol–water partition coefficient (Wildman–Crippen LogP) is 2.96. The number of anilines is 1. The lowest BCUT2D eigenvalue weighted by atomic mass is 9.96. The van der Waals surface area contributed by atoms with E-state index in [1.165, 1.54) is 5.69 Å². The van der Waals surface area contributed by atoms with E-state index < -0.39 is 0 Å². The topological polar surface area (TPSA) is 35.6 Å². The minimum Gasteiger partial charge on any atom is -0.369 e. The van der Waals surface area contributed by atoms with Crippen molar-refractivity contribution in [3.8, 4) is 0 Å². The van der Waals surface area contributed by atoms with E-state index in [-0.39, 0.29) is 30.7 Å². The first-order valence-electron chi connectivity index (χ1n) is 8.53. The molecule has 6 heteroatoms. The Balaban J connectivity index is 0.00000144. The first-order chi connectivity index (χ1) is 10.8. The van der Waals surface area contributed by atoms with E-state index in [0.717, 1.165) is 51.9 Å². The molecule has 24 heavy (non-hydrogen) atoms. The number of amides is 1. The number of nitrogens with one attached hydrogen (secondary N) is 1. The van der Waals surface area contributed by atoms with Crippen molar-refractivity contribution in [3.05, 3.63) is 30.3 Å². The van der Waals surface area contributed by atoms with Crippen LogP contribution in [-0.2, 0) is 4.79 Å². The number of benzene rings is 1. The van der Waals surface area contributed by atoms with Gasteiger partial charge in [-0.1, -0.05) is 18.2 Å². The Morgan fingerprint density at radius 3 is 2.58 bits per heavy atom. The van der Waals surface area contributed by atoms with E-state index in [2.05, 4.69) is 40.5 Å². The average molecular weight is 374 g/mol. The van der Waals surface area contributed by atoms with Gasteiger partial charge in [0.05, 0.1) is 5.92 Å². The second-order valence-corrected chi connectivity index (χ2v) is 6.57. The molecule has 1 aromatic rings. The largest absolute Gasteiger partial charge is 0.369 e. The third-order valence-corrected chi connectivity index (χ3v) is 5.06. The van der Waals surface area contributed by atoms with Crippen LogP contribution in [0.15, 0.2) is 30.3 Å². The number of hydrogen-bond acceptors (Lipinski definition) is 3. The normalized spacial score (nSPS) is 23.6. The van der Waals surface area contributed by atoms with Gasteiger partial charge in [-0.05, 0) is 44.4 Å². The fraction of sp³-hybridized carbons (Fsp3) is 0.611. The lowest BCUT2D eigenvalue weighted by Crippen LogP contribution is -2.51. The molecule has 136 valence electrons. The number of piperidine rings is 2. The summed E-state index contributed by atoms with van der Waals surface area (Å²) >= 11 is 0.